The average Bonchev–Trinajstić information content (AvgIpc) is 2.07. The molecule has 0 bridgehead atoms. The van der Waals surface area contributed by atoms with Gasteiger partial charge in [-0.25, -0.2) is 0 Å². The molecule has 0 N–H and O–H groups in total. The summed E-state index contributed by atoms with van der Waals surface area (Å²) >= 11 is 0. The summed E-state index contributed by atoms with van der Waals surface area (Å²) in [5, 5.41) is 8.25. The Morgan fingerprint density at radius 2 is 1.93 bits per heavy atom. The number of hydrogen-bond donors (Lipinski definition) is 0. The first kappa shape index (κ1) is 18.3. The van der Waals surface area contributed by atoms with E-state index in [2.05, 4.69) is 4.74 Å². The zero-order chi connectivity index (χ0) is 11.0. The van der Waals surface area contributed by atoms with Crippen molar-refractivity contribution in [2.45, 2.75) is 6.42 Å². The van der Waals surface area contributed by atoms with Gasteiger partial charge in [-0.1, -0.05) is 0 Å². The largest absolute Gasteiger partial charge is 1.00 e. The first-order chi connectivity index (χ1) is 6.49. The van der Waals surface area contributed by atoms with Crippen molar-refractivity contribution in [3.63, 3.8) is 0 Å². The van der Waals surface area contributed by atoms with Crippen molar-refractivity contribution in [3.05, 3.63) is 0 Å². The fraction of sp³-hybridized carbons (Fsp3) is 0.857. The second-order valence-electron chi connectivity index (χ2n) is 2.91. The molecule has 0 amide bonds. The fourth-order valence-electron chi connectivity index (χ4n) is 1.02. The molecule has 0 saturated carbocycles. The van der Waals surface area contributed by atoms with Gasteiger partial charge in [-0.2, -0.15) is 5.26 Å². The van der Waals surface area contributed by atoms with Crippen molar-refractivity contribution in [2.24, 2.45) is 0 Å². The van der Waals surface area contributed by atoms with Gasteiger partial charge < -0.3 is 22.6 Å². The van der Waals surface area contributed by atoms with Crippen molar-refractivity contribution < 1.29 is 69.1 Å². The van der Waals surface area contributed by atoms with Crippen LogP contribution in [0.25, 0.3) is 0 Å². The normalized spacial score (nSPS) is 10.9. The maximum Gasteiger partial charge on any atom is 1.00 e. The van der Waals surface area contributed by atoms with Crippen molar-refractivity contribution >= 4 is 6.98 Å². The molecule has 82 valence electrons. The smallest absolute Gasteiger partial charge is 0.448 e. The fourth-order valence-corrected chi connectivity index (χ4v) is 1.02. The Labute approximate surface area is 130 Å². The standard InChI is InChI=1S/C7H13BF3N2O.K/c1-14-6-5-13(4-2-3-12)7-8(9,10)11;/h2,4-7H2,1H3;/q-1;+1. The topological polar surface area (TPSA) is 36.3 Å². The van der Waals surface area contributed by atoms with Crippen LogP contribution < -0.4 is 51.4 Å². The maximum absolute atomic E-state index is 12.1. The second-order valence-corrected chi connectivity index (χ2v) is 2.91. The Balaban J connectivity index is 0. The van der Waals surface area contributed by atoms with E-state index in [4.69, 9.17) is 5.26 Å². The van der Waals surface area contributed by atoms with E-state index in [1.165, 1.54) is 12.0 Å². The number of methoxy groups -OCH3 is 1. The minimum absolute atomic E-state index is 0. The van der Waals surface area contributed by atoms with Crippen LogP contribution in [0.4, 0.5) is 12.9 Å². The Kier molecular flexibility index (Phi) is 12.3. The molecule has 8 heteroatoms. The van der Waals surface area contributed by atoms with Crippen LogP contribution in [0.2, 0.25) is 0 Å². The van der Waals surface area contributed by atoms with E-state index in [1.807, 2.05) is 6.07 Å². The number of ether oxygens (including phenoxy) is 1. The van der Waals surface area contributed by atoms with Gasteiger partial charge >= 0.3 is 58.4 Å². The Morgan fingerprint density at radius 1 is 1.33 bits per heavy atom. The van der Waals surface area contributed by atoms with Crippen LogP contribution >= 0.6 is 0 Å². The molecule has 0 atom stereocenters. The summed E-state index contributed by atoms with van der Waals surface area (Å²) in [5.41, 5.74) is 0. The molecule has 0 saturated heterocycles. The number of nitriles is 1. The minimum atomic E-state index is -4.82. The van der Waals surface area contributed by atoms with Crippen LogP contribution in [0.3, 0.4) is 0 Å². The van der Waals surface area contributed by atoms with Gasteiger partial charge in [-0.05, 0) is 6.44 Å². The molecule has 0 aromatic carbocycles. The molecule has 0 aliphatic rings. The van der Waals surface area contributed by atoms with E-state index < -0.39 is 13.4 Å². The number of hydrogen-bond acceptors (Lipinski definition) is 3. The van der Waals surface area contributed by atoms with E-state index in [1.54, 1.807) is 0 Å². The SMILES string of the molecule is COCCN(CCC#N)C[B-](F)(F)F.[K+]. The molecule has 0 heterocycles. The third-order valence-electron chi connectivity index (χ3n) is 1.62. The van der Waals surface area contributed by atoms with E-state index in [0.29, 0.717) is 0 Å². The zero-order valence-corrected chi connectivity index (χ0v) is 12.2. The summed E-state index contributed by atoms with van der Waals surface area (Å²) in [6.45, 7) is -4.23. The third kappa shape index (κ3) is 12.8. The van der Waals surface area contributed by atoms with Crippen molar-refractivity contribution in [1.29, 1.82) is 5.26 Å². The van der Waals surface area contributed by atoms with E-state index >= 15 is 0 Å². The van der Waals surface area contributed by atoms with Crippen LogP contribution in [0.15, 0.2) is 0 Å². The number of rotatable bonds is 7. The van der Waals surface area contributed by atoms with Gasteiger partial charge in [0.25, 0.3) is 0 Å². The van der Waals surface area contributed by atoms with Crippen LogP contribution in [0, 0.1) is 11.3 Å². The Bertz CT molecular complexity index is 198. The van der Waals surface area contributed by atoms with Crippen molar-refractivity contribution in [1.82, 2.24) is 4.90 Å². The zero-order valence-electron chi connectivity index (χ0n) is 9.05. The van der Waals surface area contributed by atoms with Gasteiger partial charge in [0.2, 0.25) is 0 Å². The Morgan fingerprint density at radius 3 is 2.33 bits per heavy atom. The van der Waals surface area contributed by atoms with Gasteiger partial charge in [-0.3, -0.25) is 0 Å². The molecule has 0 unspecified atom stereocenters. The summed E-state index contributed by atoms with van der Waals surface area (Å²) in [6.07, 6.45) is -0.819. The molecular formula is C7H13BF3KN2O. The van der Waals surface area contributed by atoms with Gasteiger partial charge in [0.1, 0.15) is 0 Å². The molecule has 0 rings (SSSR count). The van der Waals surface area contributed by atoms with Gasteiger partial charge in [0.05, 0.1) is 12.7 Å². The molecule has 3 nitrogen and oxygen atoms in total. The summed E-state index contributed by atoms with van der Waals surface area (Å²) in [7, 11) is 1.43. The van der Waals surface area contributed by atoms with Crippen LogP contribution in [-0.4, -0.2) is 45.1 Å². The average molecular weight is 248 g/mol. The minimum Gasteiger partial charge on any atom is -0.448 e. The predicted molar refractivity (Wildman–Crippen MR) is 47.6 cm³/mol. The van der Waals surface area contributed by atoms with E-state index in [-0.39, 0.29) is 77.5 Å². The Hall–Kier alpha value is 0.901. The number of nitrogens with zero attached hydrogens (tertiary/aromatic N) is 2. The molecule has 0 aromatic heterocycles. The molecule has 0 fully saturated rings. The first-order valence-corrected chi connectivity index (χ1v) is 4.29. The van der Waals surface area contributed by atoms with Crippen LogP contribution in [-0.2, 0) is 4.74 Å². The molecule has 0 spiro atoms. The van der Waals surface area contributed by atoms with Gasteiger partial charge in [0, 0.05) is 26.6 Å². The quantitative estimate of drug-likeness (QED) is 0.501. The van der Waals surface area contributed by atoms with Gasteiger partial charge in [-0.15, -0.1) is 0 Å². The molecule has 0 aliphatic carbocycles. The molecule has 15 heavy (non-hydrogen) atoms. The third-order valence-corrected chi connectivity index (χ3v) is 1.62. The molecule has 0 radical (unpaired) electrons. The summed E-state index contributed by atoms with van der Waals surface area (Å²) in [5.74, 6) is 0. The molecule has 0 aromatic rings. The molecular weight excluding hydrogens is 235 g/mol. The van der Waals surface area contributed by atoms with Crippen LogP contribution in [0.5, 0.6) is 0 Å². The number of halogens is 3. The van der Waals surface area contributed by atoms with Crippen LogP contribution in [0.1, 0.15) is 6.42 Å². The second kappa shape index (κ2) is 10.1. The van der Waals surface area contributed by atoms with Crippen molar-refractivity contribution in [3.8, 4) is 6.07 Å². The first-order valence-electron chi connectivity index (χ1n) is 4.29. The van der Waals surface area contributed by atoms with Crippen molar-refractivity contribution in [2.75, 3.05) is 33.3 Å². The monoisotopic (exact) mass is 248 g/mol. The summed E-state index contributed by atoms with van der Waals surface area (Å²) in [4.78, 5) is 1.19. The van der Waals surface area contributed by atoms with E-state index in [0.717, 1.165) is 0 Å². The molecule has 0 aliphatic heterocycles. The summed E-state index contributed by atoms with van der Waals surface area (Å²) in [6, 6.07) is 1.82. The predicted octanol–water partition coefficient (Wildman–Crippen LogP) is -1.76. The maximum atomic E-state index is 12.1. The van der Waals surface area contributed by atoms with E-state index in [9.17, 15) is 12.9 Å². The van der Waals surface area contributed by atoms with Gasteiger partial charge in [0.15, 0.2) is 0 Å². The summed E-state index contributed by atoms with van der Waals surface area (Å²) < 4.78 is 40.9.